The molecule has 2 heterocycles. The van der Waals surface area contributed by atoms with E-state index in [4.69, 9.17) is 21.4 Å². The largest absolute Gasteiger partial charge is 0.370 e. The molecule has 198 valence electrons. The number of nitrogens with two attached hydrogens (primary N) is 2. The number of rotatable bonds is 6. The fraction of sp³-hybridized carbons (Fsp3) is 0.226. The SMILES string of the molecule is CC(C)N=C(N)Nc1ccc(-c2ccc3cccc4c3c2C=CC4c2ccc(NC(N)=NC(C)C)cn2)nc1. The van der Waals surface area contributed by atoms with Gasteiger partial charge in [-0.15, -0.1) is 0 Å². The number of guanidine groups is 2. The van der Waals surface area contributed by atoms with Crippen molar-refractivity contribution in [1.29, 1.82) is 0 Å². The lowest BCUT2D eigenvalue weighted by molar-refractivity contribution is 0.833. The van der Waals surface area contributed by atoms with E-state index in [1.807, 2.05) is 52.0 Å². The molecule has 2 aromatic carbocycles. The molecule has 1 aliphatic carbocycles. The fourth-order valence-corrected chi connectivity index (χ4v) is 4.85. The van der Waals surface area contributed by atoms with Crippen LogP contribution in [0, 0.1) is 0 Å². The first-order chi connectivity index (χ1) is 18.8. The molecule has 0 aliphatic heterocycles. The van der Waals surface area contributed by atoms with Crippen molar-refractivity contribution in [3.05, 3.63) is 89.9 Å². The summed E-state index contributed by atoms with van der Waals surface area (Å²) in [4.78, 5) is 18.1. The van der Waals surface area contributed by atoms with Crippen molar-refractivity contribution in [3.63, 3.8) is 0 Å². The van der Waals surface area contributed by atoms with Crippen LogP contribution in [0.3, 0.4) is 0 Å². The van der Waals surface area contributed by atoms with Crippen LogP contribution in [0.5, 0.6) is 0 Å². The molecule has 0 bridgehead atoms. The standard InChI is InChI=1S/C31H34N8/c1-18(2)36-30(32)38-21-9-14-27(34-16-21)23-11-8-20-6-5-7-25-24(12-13-26(23)29(20)25)28-15-10-22(17-35-28)39-31(33)37-19(3)4/h5-19,24H,1-4H3,(H3,32,36,38)(H3,33,37,39). The van der Waals surface area contributed by atoms with Crippen LogP contribution in [0.1, 0.15) is 50.4 Å². The summed E-state index contributed by atoms with van der Waals surface area (Å²) in [6, 6.07) is 19.0. The predicted molar refractivity (Wildman–Crippen MR) is 163 cm³/mol. The Bertz CT molecular complexity index is 1570. The minimum atomic E-state index is 0.0370. The van der Waals surface area contributed by atoms with Crippen molar-refractivity contribution in [2.45, 2.75) is 45.7 Å². The van der Waals surface area contributed by atoms with E-state index in [0.29, 0.717) is 11.9 Å². The van der Waals surface area contributed by atoms with Crippen molar-refractivity contribution in [2.24, 2.45) is 21.5 Å². The first-order valence-electron chi connectivity index (χ1n) is 13.2. The highest BCUT2D eigenvalue weighted by atomic mass is 15.1. The Morgan fingerprint density at radius 2 is 1.46 bits per heavy atom. The van der Waals surface area contributed by atoms with Crippen LogP contribution < -0.4 is 22.1 Å². The van der Waals surface area contributed by atoms with E-state index in [9.17, 15) is 0 Å². The van der Waals surface area contributed by atoms with Crippen LogP contribution in [0.15, 0.2) is 83.1 Å². The Kier molecular flexibility index (Phi) is 7.27. The maximum absolute atomic E-state index is 5.98. The molecule has 0 amide bonds. The van der Waals surface area contributed by atoms with Gasteiger partial charge in [0.15, 0.2) is 11.9 Å². The molecule has 2 aromatic heterocycles. The summed E-state index contributed by atoms with van der Waals surface area (Å²) in [5.41, 5.74) is 18.9. The molecule has 1 atom stereocenters. The number of aliphatic imine (C=N–C) groups is 2. The summed E-state index contributed by atoms with van der Waals surface area (Å²) in [5.74, 6) is 0.798. The second-order valence-corrected chi connectivity index (χ2v) is 10.2. The molecule has 0 fully saturated rings. The zero-order valence-electron chi connectivity index (χ0n) is 22.7. The van der Waals surface area contributed by atoms with Crippen molar-refractivity contribution in [3.8, 4) is 11.3 Å². The number of aromatic nitrogens is 2. The number of hydrogen-bond acceptors (Lipinski definition) is 4. The highest BCUT2D eigenvalue weighted by Crippen LogP contribution is 2.41. The summed E-state index contributed by atoms with van der Waals surface area (Å²) in [5, 5.41) is 8.62. The first-order valence-corrected chi connectivity index (χ1v) is 13.2. The average Bonchev–Trinajstić information content (AvgIpc) is 2.89. The van der Waals surface area contributed by atoms with E-state index < -0.39 is 0 Å². The van der Waals surface area contributed by atoms with Crippen molar-refractivity contribution >= 4 is 40.1 Å². The third kappa shape index (κ3) is 5.75. The second-order valence-electron chi connectivity index (χ2n) is 10.2. The number of nitrogens with zero attached hydrogens (tertiary/aromatic N) is 4. The van der Waals surface area contributed by atoms with Gasteiger partial charge in [0.1, 0.15) is 0 Å². The average molecular weight is 519 g/mol. The summed E-state index contributed by atoms with van der Waals surface area (Å²) in [6.07, 6.45) is 7.99. The van der Waals surface area contributed by atoms with E-state index in [1.165, 1.54) is 16.3 Å². The van der Waals surface area contributed by atoms with Gasteiger partial charge >= 0.3 is 0 Å². The van der Waals surface area contributed by atoms with Gasteiger partial charge < -0.3 is 22.1 Å². The molecule has 5 rings (SSSR count). The molecule has 0 saturated carbocycles. The van der Waals surface area contributed by atoms with Crippen molar-refractivity contribution in [2.75, 3.05) is 10.6 Å². The lowest BCUT2D eigenvalue weighted by Gasteiger charge is -2.23. The van der Waals surface area contributed by atoms with Gasteiger partial charge in [0, 0.05) is 23.6 Å². The van der Waals surface area contributed by atoms with Gasteiger partial charge in [-0.25, -0.2) is 0 Å². The minimum absolute atomic E-state index is 0.0370. The highest BCUT2D eigenvalue weighted by molar-refractivity contribution is 6.01. The third-order valence-corrected chi connectivity index (χ3v) is 6.39. The van der Waals surface area contributed by atoms with Crippen LogP contribution in [0.2, 0.25) is 0 Å². The third-order valence-electron chi connectivity index (χ3n) is 6.39. The Balaban J connectivity index is 1.45. The Hall–Kier alpha value is -4.72. The van der Waals surface area contributed by atoms with Gasteiger partial charge in [-0.05, 0) is 73.9 Å². The normalized spacial score (nSPS) is 15.3. The van der Waals surface area contributed by atoms with Crippen molar-refractivity contribution < 1.29 is 0 Å². The van der Waals surface area contributed by atoms with E-state index in [0.717, 1.165) is 33.9 Å². The van der Waals surface area contributed by atoms with Crippen molar-refractivity contribution in [1.82, 2.24) is 9.97 Å². The lowest BCUT2D eigenvalue weighted by Crippen LogP contribution is -2.24. The van der Waals surface area contributed by atoms with Crippen LogP contribution in [0.4, 0.5) is 11.4 Å². The molecule has 0 radical (unpaired) electrons. The molecule has 39 heavy (non-hydrogen) atoms. The highest BCUT2D eigenvalue weighted by Gasteiger charge is 2.22. The van der Waals surface area contributed by atoms with Crippen LogP contribution in [0.25, 0.3) is 28.1 Å². The topological polar surface area (TPSA) is 127 Å². The smallest absolute Gasteiger partial charge is 0.193 e. The molecule has 1 aliphatic rings. The maximum atomic E-state index is 5.98. The molecule has 1 unspecified atom stereocenters. The lowest BCUT2D eigenvalue weighted by atomic mass is 9.82. The summed E-state index contributed by atoms with van der Waals surface area (Å²) in [6.45, 7) is 7.93. The maximum Gasteiger partial charge on any atom is 0.193 e. The van der Waals surface area contributed by atoms with E-state index in [-0.39, 0.29) is 18.0 Å². The van der Waals surface area contributed by atoms with Gasteiger partial charge in [0.2, 0.25) is 0 Å². The molecule has 6 N–H and O–H groups in total. The molecule has 0 spiro atoms. The van der Waals surface area contributed by atoms with E-state index in [1.54, 1.807) is 12.4 Å². The first kappa shape index (κ1) is 25.9. The number of pyridine rings is 2. The quantitative estimate of drug-likeness (QED) is 0.191. The molecular formula is C31H34N8. The Morgan fingerprint density at radius 3 is 2.05 bits per heavy atom. The van der Waals surface area contributed by atoms with Gasteiger partial charge in [-0.2, -0.15) is 0 Å². The molecule has 8 nitrogen and oxygen atoms in total. The molecule has 4 aromatic rings. The monoisotopic (exact) mass is 518 g/mol. The number of anilines is 2. The molecule has 8 heteroatoms. The zero-order chi connectivity index (χ0) is 27.5. The van der Waals surface area contributed by atoms with E-state index in [2.05, 4.69) is 63.1 Å². The van der Waals surface area contributed by atoms with Crippen LogP contribution in [-0.2, 0) is 0 Å². The number of benzene rings is 2. The Morgan fingerprint density at radius 1 is 0.795 bits per heavy atom. The summed E-state index contributed by atoms with van der Waals surface area (Å²) >= 11 is 0. The Labute approximate surface area is 229 Å². The van der Waals surface area contributed by atoms with Gasteiger partial charge in [-0.1, -0.05) is 42.5 Å². The number of hydrogen-bond donors (Lipinski definition) is 4. The van der Waals surface area contributed by atoms with Gasteiger partial charge in [-0.3, -0.25) is 20.0 Å². The van der Waals surface area contributed by atoms with E-state index >= 15 is 0 Å². The number of nitrogens with one attached hydrogen (secondary N) is 2. The van der Waals surface area contributed by atoms with Gasteiger partial charge in [0.25, 0.3) is 0 Å². The predicted octanol–water partition coefficient (Wildman–Crippen LogP) is 5.73. The summed E-state index contributed by atoms with van der Waals surface area (Å²) in [7, 11) is 0. The van der Waals surface area contributed by atoms with Crippen LogP contribution >= 0.6 is 0 Å². The molecular weight excluding hydrogens is 484 g/mol. The number of allylic oxidation sites excluding steroid dienone is 1. The fourth-order valence-electron chi connectivity index (χ4n) is 4.85. The second kappa shape index (κ2) is 10.9. The van der Waals surface area contributed by atoms with Crippen LogP contribution in [-0.4, -0.2) is 34.0 Å². The van der Waals surface area contributed by atoms with Gasteiger partial charge in [0.05, 0.1) is 35.2 Å². The summed E-state index contributed by atoms with van der Waals surface area (Å²) < 4.78 is 0. The minimum Gasteiger partial charge on any atom is -0.370 e. The zero-order valence-corrected chi connectivity index (χ0v) is 22.7. The molecule has 0 saturated heterocycles.